The Kier molecular flexibility index (Phi) is 3.70. The Morgan fingerprint density at radius 3 is 2.71 bits per heavy atom. The van der Waals surface area contributed by atoms with Crippen LogP contribution in [-0.4, -0.2) is 54.6 Å². The van der Waals surface area contributed by atoms with E-state index < -0.39 is 0 Å². The number of likely N-dealkylation sites (N-methyl/N-ethyl adjacent to an activating group) is 1. The topological polar surface area (TPSA) is 32.5 Å². The van der Waals surface area contributed by atoms with Crippen LogP contribution in [0.4, 0.5) is 0 Å². The highest BCUT2D eigenvalue weighted by atomic mass is 15.3. The number of piperazine rings is 1. The molecule has 0 radical (unpaired) electrons. The summed E-state index contributed by atoms with van der Waals surface area (Å²) in [6.45, 7) is 12.2. The van der Waals surface area contributed by atoms with E-state index in [1.807, 2.05) is 6.08 Å². The third kappa shape index (κ3) is 2.35. The monoisotopic (exact) mass is 197 g/mol. The standard InChI is InChI=1S/C11H23N3/c1-5-6-14-8-10(7-12)13(4)9-11(14,2)3/h5,10H,1,6-9,12H2,2-4H3. The molecule has 3 heteroatoms. The largest absolute Gasteiger partial charge is 0.329 e. The van der Waals surface area contributed by atoms with Crippen LogP contribution in [0.1, 0.15) is 13.8 Å². The molecule has 0 bridgehead atoms. The molecule has 2 N–H and O–H groups in total. The number of nitrogens with two attached hydrogens (primary N) is 1. The molecule has 1 atom stereocenters. The summed E-state index contributed by atoms with van der Waals surface area (Å²) in [5, 5.41) is 0. The summed E-state index contributed by atoms with van der Waals surface area (Å²) in [6.07, 6.45) is 1.97. The molecule has 14 heavy (non-hydrogen) atoms. The summed E-state index contributed by atoms with van der Waals surface area (Å²) in [5.41, 5.74) is 5.98. The average molecular weight is 197 g/mol. The van der Waals surface area contributed by atoms with Crippen LogP contribution in [0.3, 0.4) is 0 Å². The van der Waals surface area contributed by atoms with E-state index >= 15 is 0 Å². The zero-order valence-electron chi connectivity index (χ0n) is 9.66. The van der Waals surface area contributed by atoms with Gasteiger partial charge in [-0.25, -0.2) is 0 Å². The first-order valence-corrected chi connectivity index (χ1v) is 5.27. The third-order valence-electron chi connectivity index (χ3n) is 3.17. The minimum absolute atomic E-state index is 0.231. The second-order valence-corrected chi connectivity index (χ2v) is 4.81. The molecule has 3 nitrogen and oxygen atoms in total. The van der Waals surface area contributed by atoms with E-state index in [2.05, 4.69) is 37.3 Å². The zero-order valence-corrected chi connectivity index (χ0v) is 9.66. The molecular weight excluding hydrogens is 174 g/mol. The summed E-state index contributed by atoms with van der Waals surface area (Å²) in [6, 6.07) is 0.489. The fourth-order valence-electron chi connectivity index (χ4n) is 2.21. The van der Waals surface area contributed by atoms with Crippen molar-refractivity contribution in [2.45, 2.75) is 25.4 Å². The van der Waals surface area contributed by atoms with Crippen molar-refractivity contribution >= 4 is 0 Å². The van der Waals surface area contributed by atoms with Crippen molar-refractivity contribution in [3.05, 3.63) is 12.7 Å². The number of hydrogen-bond donors (Lipinski definition) is 1. The van der Waals surface area contributed by atoms with Gasteiger partial charge < -0.3 is 5.73 Å². The molecule has 0 aliphatic carbocycles. The fourth-order valence-corrected chi connectivity index (χ4v) is 2.21. The van der Waals surface area contributed by atoms with Crippen molar-refractivity contribution in [3.8, 4) is 0 Å². The third-order valence-corrected chi connectivity index (χ3v) is 3.17. The van der Waals surface area contributed by atoms with Crippen molar-refractivity contribution in [3.63, 3.8) is 0 Å². The number of hydrogen-bond acceptors (Lipinski definition) is 3. The van der Waals surface area contributed by atoms with E-state index in [1.165, 1.54) is 0 Å². The Labute approximate surface area is 87.6 Å². The lowest BCUT2D eigenvalue weighted by Gasteiger charge is -2.49. The molecule has 1 unspecified atom stereocenters. The molecule has 1 saturated heterocycles. The molecule has 0 saturated carbocycles. The first-order chi connectivity index (χ1) is 6.51. The molecule has 0 aromatic carbocycles. The highest BCUT2D eigenvalue weighted by Crippen LogP contribution is 2.22. The normalized spacial score (nSPS) is 29.0. The van der Waals surface area contributed by atoms with Gasteiger partial charge in [-0.1, -0.05) is 6.08 Å². The van der Waals surface area contributed by atoms with Crippen molar-refractivity contribution in [1.29, 1.82) is 0 Å². The molecule has 82 valence electrons. The van der Waals surface area contributed by atoms with Gasteiger partial charge in [-0.05, 0) is 20.9 Å². The first kappa shape index (κ1) is 11.7. The lowest BCUT2D eigenvalue weighted by Crippen LogP contribution is -2.63. The van der Waals surface area contributed by atoms with Gasteiger partial charge in [0.05, 0.1) is 0 Å². The van der Waals surface area contributed by atoms with Crippen molar-refractivity contribution in [2.75, 3.05) is 33.2 Å². The predicted octanol–water partition coefficient (Wildman–Crippen LogP) is 0.526. The lowest BCUT2D eigenvalue weighted by molar-refractivity contribution is 0.00620. The van der Waals surface area contributed by atoms with E-state index in [-0.39, 0.29) is 5.54 Å². The summed E-state index contributed by atoms with van der Waals surface area (Å²) < 4.78 is 0. The van der Waals surface area contributed by atoms with E-state index in [1.54, 1.807) is 0 Å². The molecule has 1 aliphatic rings. The van der Waals surface area contributed by atoms with Gasteiger partial charge in [0.1, 0.15) is 0 Å². The highest BCUT2D eigenvalue weighted by molar-refractivity contribution is 4.96. The molecule has 0 aromatic rings. The predicted molar refractivity (Wildman–Crippen MR) is 61.3 cm³/mol. The Hall–Kier alpha value is -0.380. The summed E-state index contributed by atoms with van der Waals surface area (Å²) in [5.74, 6) is 0. The van der Waals surface area contributed by atoms with Crippen LogP contribution in [-0.2, 0) is 0 Å². The van der Waals surface area contributed by atoms with Gasteiger partial charge in [0, 0.05) is 37.8 Å². The van der Waals surface area contributed by atoms with Crippen LogP contribution in [0.5, 0.6) is 0 Å². The molecule has 0 aromatic heterocycles. The van der Waals surface area contributed by atoms with Crippen LogP contribution in [0.15, 0.2) is 12.7 Å². The number of rotatable bonds is 3. The molecule has 1 aliphatic heterocycles. The minimum atomic E-state index is 0.231. The van der Waals surface area contributed by atoms with E-state index in [0.29, 0.717) is 6.04 Å². The highest BCUT2D eigenvalue weighted by Gasteiger charge is 2.35. The Bertz CT molecular complexity index is 201. The quantitative estimate of drug-likeness (QED) is 0.670. The zero-order chi connectivity index (χ0) is 10.8. The first-order valence-electron chi connectivity index (χ1n) is 5.27. The molecular formula is C11H23N3. The van der Waals surface area contributed by atoms with Crippen molar-refractivity contribution in [1.82, 2.24) is 9.80 Å². The van der Waals surface area contributed by atoms with Gasteiger partial charge >= 0.3 is 0 Å². The van der Waals surface area contributed by atoms with Crippen molar-refractivity contribution in [2.24, 2.45) is 5.73 Å². The van der Waals surface area contributed by atoms with Crippen LogP contribution in [0.25, 0.3) is 0 Å². The Balaban J connectivity index is 2.69. The van der Waals surface area contributed by atoms with Gasteiger partial charge in [0.2, 0.25) is 0 Å². The molecule has 0 amide bonds. The molecule has 0 spiro atoms. The van der Waals surface area contributed by atoms with Gasteiger partial charge in [-0.2, -0.15) is 0 Å². The van der Waals surface area contributed by atoms with Crippen LogP contribution < -0.4 is 5.73 Å². The maximum Gasteiger partial charge on any atom is 0.0343 e. The van der Waals surface area contributed by atoms with Crippen LogP contribution in [0, 0.1) is 0 Å². The average Bonchev–Trinajstić information content (AvgIpc) is 2.09. The van der Waals surface area contributed by atoms with Crippen LogP contribution >= 0.6 is 0 Å². The smallest absolute Gasteiger partial charge is 0.0343 e. The molecule has 1 heterocycles. The summed E-state index contributed by atoms with van der Waals surface area (Å²) >= 11 is 0. The fraction of sp³-hybridized carbons (Fsp3) is 0.818. The lowest BCUT2D eigenvalue weighted by atomic mass is 9.96. The van der Waals surface area contributed by atoms with E-state index in [0.717, 1.165) is 26.2 Å². The van der Waals surface area contributed by atoms with Crippen molar-refractivity contribution < 1.29 is 0 Å². The Morgan fingerprint density at radius 2 is 2.21 bits per heavy atom. The second-order valence-electron chi connectivity index (χ2n) is 4.81. The van der Waals surface area contributed by atoms with E-state index in [9.17, 15) is 0 Å². The second kappa shape index (κ2) is 4.43. The van der Waals surface area contributed by atoms with Gasteiger partial charge in [0.25, 0.3) is 0 Å². The Morgan fingerprint density at radius 1 is 1.57 bits per heavy atom. The van der Waals surface area contributed by atoms with Gasteiger partial charge in [0.15, 0.2) is 0 Å². The van der Waals surface area contributed by atoms with Crippen LogP contribution in [0.2, 0.25) is 0 Å². The maximum atomic E-state index is 5.75. The summed E-state index contributed by atoms with van der Waals surface area (Å²) in [4.78, 5) is 4.82. The number of nitrogens with zero attached hydrogens (tertiary/aromatic N) is 2. The molecule has 1 rings (SSSR count). The SMILES string of the molecule is C=CCN1CC(CN)N(C)CC1(C)C. The van der Waals surface area contributed by atoms with E-state index in [4.69, 9.17) is 5.73 Å². The van der Waals surface area contributed by atoms with Gasteiger partial charge in [-0.3, -0.25) is 9.80 Å². The molecule has 1 fully saturated rings. The van der Waals surface area contributed by atoms with Gasteiger partial charge in [-0.15, -0.1) is 6.58 Å². The maximum absolute atomic E-state index is 5.75. The summed E-state index contributed by atoms with van der Waals surface area (Å²) in [7, 11) is 2.16. The minimum Gasteiger partial charge on any atom is -0.329 e.